The Morgan fingerprint density at radius 2 is 2.18 bits per heavy atom. The summed E-state index contributed by atoms with van der Waals surface area (Å²) in [6.07, 6.45) is 1.72. The average molecular weight is 289 g/mol. The van der Waals surface area contributed by atoms with Crippen LogP contribution in [0.2, 0.25) is 5.28 Å². The molecule has 2 heterocycles. The van der Waals surface area contributed by atoms with Crippen LogP contribution in [-0.2, 0) is 0 Å². The van der Waals surface area contributed by atoms with Crippen molar-refractivity contribution in [3.05, 3.63) is 16.9 Å². The van der Waals surface area contributed by atoms with Gasteiger partial charge in [0.25, 0.3) is 0 Å². The van der Waals surface area contributed by atoms with Crippen molar-refractivity contribution < 1.29 is 4.74 Å². The van der Waals surface area contributed by atoms with Crippen molar-refractivity contribution in [2.45, 2.75) is 29.4 Å². The summed E-state index contributed by atoms with van der Waals surface area (Å²) in [7, 11) is 0. The molecule has 0 N–H and O–H groups in total. The molecule has 0 aliphatic carbocycles. The highest BCUT2D eigenvalue weighted by molar-refractivity contribution is 8.00. The predicted octanol–water partition coefficient (Wildman–Crippen LogP) is 2.92. The zero-order chi connectivity index (χ0) is 12.3. The number of halogens is 1. The third-order valence-corrected chi connectivity index (χ3v) is 3.41. The molecule has 2 rings (SSSR count). The molecule has 2 aromatic rings. The third kappa shape index (κ3) is 3.79. The first kappa shape index (κ1) is 12.5. The normalized spacial score (nSPS) is 10.8. The number of rotatable bonds is 4. The summed E-state index contributed by atoms with van der Waals surface area (Å²) in [5, 5.41) is 2.49. The fourth-order valence-electron chi connectivity index (χ4n) is 0.963. The molecule has 0 spiro atoms. The molecule has 0 saturated heterocycles. The van der Waals surface area contributed by atoms with Gasteiger partial charge in [0.15, 0.2) is 4.34 Å². The number of nitrogens with zero attached hydrogens (tertiary/aromatic N) is 4. The molecule has 0 unspecified atom stereocenters. The van der Waals surface area contributed by atoms with E-state index in [4.69, 9.17) is 16.3 Å². The van der Waals surface area contributed by atoms with Gasteiger partial charge >= 0.3 is 6.01 Å². The lowest BCUT2D eigenvalue weighted by molar-refractivity contribution is 0.219. The summed E-state index contributed by atoms with van der Waals surface area (Å²) in [4.78, 5) is 16.2. The van der Waals surface area contributed by atoms with Gasteiger partial charge in [-0.05, 0) is 37.2 Å². The highest BCUT2D eigenvalue weighted by atomic mass is 35.5. The minimum Gasteiger partial charge on any atom is -0.461 e. The first-order valence-corrected chi connectivity index (χ1v) is 6.86. The quantitative estimate of drug-likeness (QED) is 0.862. The third-order valence-electron chi connectivity index (χ3n) is 1.50. The molecule has 0 aliphatic rings. The van der Waals surface area contributed by atoms with Gasteiger partial charge in [0.2, 0.25) is 10.4 Å². The summed E-state index contributed by atoms with van der Waals surface area (Å²) < 4.78 is 6.23. The number of hydrogen-bond acceptors (Lipinski definition) is 7. The van der Waals surface area contributed by atoms with E-state index in [-0.39, 0.29) is 17.4 Å². The van der Waals surface area contributed by atoms with Crippen LogP contribution in [-0.4, -0.2) is 26.0 Å². The van der Waals surface area contributed by atoms with Crippen molar-refractivity contribution in [3.63, 3.8) is 0 Å². The second kappa shape index (κ2) is 5.61. The van der Waals surface area contributed by atoms with Crippen molar-refractivity contribution in [2.24, 2.45) is 0 Å². The Morgan fingerprint density at radius 3 is 2.82 bits per heavy atom. The highest BCUT2D eigenvalue weighted by Crippen LogP contribution is 2.27. The van der Waals surface area contributed by atoms with E-state index in [1.54, 1.807) is 6.20 Å². The Labute approximate surface area is 112 Å². The van der Waals surface area contributed by atoms with Crippen molar-refractivity contribution >= 4 is 34.7 Å². The number of thiazole rings is 1. The van der Waals surface area contributed by atoms with E-state index in [9.17, 15) is 0 Å². The van der Waals surface area contributed by atoms with E-state index in [0.29, 0.717) is 5.16 Å². The zero-order valence-electron chi connectivity index (χ0n) is 9.12. The molecule has 0 atom stereocenters. The molecule has 5 nitrogen and oxygen atoms in total. The summed E-state index contributed by atoms with van der Waals surface area (Å²) >= 11 is 8.64. The van der Waals surface area contributed by atoms with Gasteiger partial charge in [-0.2, -0.15) is 15.0 Å². The molecule has 8 heteroatoms. The van der Waals surface area contributed by atoms with Crippen molar-refractivity contribution in [3.8, 4) is 6.01 Å². The van der Waals surface area contributed by atoms with Gasteiger partial charge in [0, 0.05) is 11.6 Å². The molecule has 0 saturated carbocycles. The summed E-state index contributed by atoms with van der Waals surface area (Å²) in [5.74, 6) is 0. The monoisotopic (exact) mass is 288 g/mol. The van der Waals surface area contributed by atoms with E-state index >= 15 is 0 Å². The minimum absolute atomic E-state index is 0.00817. The van der Waals surface area contributed by atoms with E-state index in [1.807, 2.05) is 19.2 Å². The second-order valence-electron chi connectivity index (χ2n) is 3.24. The Balaban J connectivity index is 2.19. The van der Waals surface area contributed by atoms with Crippen molar-refractivity contribution in [2.75, 3.05) is 0 Å². The Bertz CT molecular complexity index is 492. The lowest BCUT2D eigenvalue weighted by Gasteiger charge is -2.07. The lowest BCUT2D eigenvalue weighted by atomic mass is 10.5. The van der Waals surface area contributed by atoms with Crippen LogP contribution in [0, 0.1) is 0 Å². The first-order chi connectivity index (χ1) is 8.13. The maximum atomic E-state index is 5.80. The highest BCUT2D eigenvalue weighted by Gasteiger charge is 2.10. The number of aromatic nitrogens is 4. The van der Waals surface area contributed by atoms with Crippen LogP contribution in [0.1, 0.15) is 13.8 Å². The van der Waals surface area contributed by atoms with Gasteiger partial charge < -0.3 is 4.74 Å². The second-order valence-corrected chi connectivity index (χ2v) is 5.68. The van der Waals surface area contributed by atoms with Gasteiger partial charge in [0.1, 0.15) is 0 Å². The summed E-state index contributed by atoms with van der Waals surface area (Å²) in [6, 6.07) is 0.235. The van der Waals surface area contributed by atoms with Gasteiger partial charge in [-0.3, -0.25) is 0 Å². The zero-order valence-corrected chi connectivity index (χ0v) is 11.5. The average Bonchev–Trinajstić information content (AvgIpc) is 2.67. The fraction of sp³-hybridized carbons (Fsp3) is 0.333. The Morgan fingerprint density at radius 1 is 1.35 bits per heavy atom. The molecular weight excluding hydrogens is 280 g/mol. The molecule has 2 aromatic heterocycles. The molecular formula is C9H9ClN4OS2. The fourth-order valence-corrected chi connectivity index (χ4v) is 2.63. The molecule has 0 fully saturated rings. The summed E-state index contributed by atoms with van der Waals surface area (Å²) in [5.41, 5.74) is 0. The van der Waals surface area contributed by atoms with Crippen LogP contribution in [0.25, 0.3) is 0 Å². The smallest absolute Gasteiger partial charge is 0.322 e. The van der Waals surface area contributed by atoms with Crippen molar-refractivity contribution in [1.82, 2.24) is 19.9 Å². The molecule has 0 radical (unpaired) electrons. The van der Waals surface area contributed by atoms with Gasteiger partial charge in [-0.15, -0.1) is 11.3 Å². The molecule has 17 heavy (non-hydrogen) atoms. The largest absolute Gasteiger partial charge is 0.461 e. The standard InChI is InChI=1S/C9H9ClN4OS2/c1-5(2)15-7-12-6(10)13-8(14-7)17-9-11-3-4-16-9/h3-5H,1-2H3. The SMILES string of the molecule is CC(C)Oc1nc(Cl)nc(Sc2nccs2)n1. The van der Waals surface area contributed by atoms with Gasteiger partial charge in [0.05, 0.1) is 6.10 Å². The number of hydrogen-bond donors (Lipinski definition) is 0. The van der Waals surface area contributed by atoms with E-state index in [2.05, 4.69) is 19.9 Å². The topological polar surface area (TPSA) is 60.8 Å². The maximum absolute atomic E-state index is 5.80. The van der Waals surface area contributed by atoms with Crippen LogP contribution in [0.15, 0.2) is 21.1 Å². The maximum Gasteiger partial charge on any atom is 0.322 e. The van der Waals surface area contributed by atoms with Crippen LogP contribution >= 0.6 is 34.7 Å². The molecule has 90 valence electrons. The first-order valence-electron chi connectivity index (χ1n) is 4.79. The minimum atomic E-state index is -0.00817. The van der Waals surface area contributed by atoms with Gasteiger partial charge in [-0.1, -0.05) is 0 Å². The summed E-state index contributed by atoms with van der Waals surface area (Å²) in [6.45, 7) is 3.79. The molecule has 0 aliphatic heterocycles. The van der Waals surface area contributed by atoms with E-state index < -0.39 is 0 Å². The molecule has 0 amide bonds. The van der Waals surface area contributed by atoms with Gasteiger partial charge in [-0.25, -0.2) is 4.98 Å². The predicted molar refractivity (Wildman–Crippen MR) is 66.8 cm³/mol. The van der Waals surface area contributed by atoms with Crippen LogP contribution < -0.4 is 4.74 Å². The van der Waals surface area contributed by atoms with Crippen LogP contribution in [0.3, 0.4) is 0 Å². The lowest BCUT2D eigenvalue weighted by Crippen LogP contribution is -2.09. The van der Waals surface area contributed by atoms with Crippen LogP contribution in [0.4, 0.5) is 0 Å². The van der Waals surface area contributed by atoms with E-state index in [0.717, 1.165) is 4.34 Å². The number of ether oxygens (including phenoxy) is 1. The Kier molecular flexibility index (Phi) is 4.14. The van der Waals surface area contributed by atoms with Crippen LogP contribution in [0.5, 0.6) is 6.01 Å². The molecule has 0 bridgehead atoms. The Hall–Kier alpha value is -0.920. The van der Waals surface area contributed by atoms with Crippen molar-refractivity contribution in [1.29, 1.82) is 0 Å². The van der Waals surface area contributed by atoms with E-state index in [1.165, 1.54) is 23.1 Å². The molecule has 0 aromatic carbocycles.